The highest BCUT2D eigenvalue weighted by Gasteiger charge is 2.50. The van der Waals surface area contributed by atoms with E-state index in [1.165, 1.54) is 4.31 Å². The van der Waals surface area contributed by atoms with E-state index in [2.05, 4.69) is 46.9 Å². The van der Waals surface area contributed by atoms with Crippen molar-refractivity contribution < 1.29 is 32.4 Å². The smallest absolute Gasteiger partial charge is 0.262 e. The summed E-state index contributed by atoms with van der Waals surface area (Å²) in [4.78, 5) is 81.5. The minimum absolute atomic E-state index is 0.0141. The Bertz CT molecular complexity index is 2860. The van der Waals surface area contributed by atoms with Gasteiger partial charge in [0.25, 0.3) is 17.7 Å². The van der Waals surface area contributed by atoms with Crippen LogP contribution in [-0.4, -0.2) is 141 Å². The van der Waals surface area contributed by atoms with Crippen LogP contribution in [-0.2, 0) is 25.2 Å². The largest absolute Gasteiger partial charge is 0.369 e. The summed E-state index contributed by atoms with van der Waals surface area (Å²) in [5, 5.41) is 23.4. The molecule has 4 N–H and O–H groups in total. The highest BCUT2D eigenvalue weighted by molar-refractivity contribution is 7.89. The van der Waals surface area contributed by atoms with Crippen LogP contribution in [0.3, 0.4) is 0 Å². The van der Waals surface area contributed by atoms with Crippen molar-refractivity contribution in [3.8, 4) is 17.3 Å². The number of imide groups is 2. The SMILES string of the molecule is CCS(=O)(=O)N1CC(CC#N)(n2cc(-c3nc(Nc4ccc(C(=O)NCCCCN5CCN(c6ccc7c(c6)C(=O)N(C6CCC(=O)NC6=O)C7=O)CC5)cc4)nc4[nH]ccc34)cn2)C1. The van der Waals surface area contributed by atoms with Gasteiger partial charge in [0.2, 0.25) is 27.8 Å². The lowest BCUT2D eigenvalue weighted by Gasteiger charge is -2.47. The van der Waals surface area contributed by atoms with Crippen LogP contribution in [0, 0.1) is 11.3 Å². The molecule has 5 aromatic rings. The molecule has 0 saturated carbocycles. The number of nitriles is 1. The number of nitrogens with zero attached hydrogens (tertiary/aromatic N) is 9. The first-order chi connectivity index (χ1) is 31.4. The first-order valence-electron chi connectivity index (χ1n) is 21.6. The number of carbonyl (C=O) groups is 5. The third-order valence-corrected chi connectivity index (χ3v) is 14.4. The second-order valence-corrected chi connectivity index (χ2v) is 19.0. The van der Waals surface area contributed by atoms with Gasteiger partial charge in [0.05, 0.1) is 41.3 Å². The lowest BCUT2D eigenvalue weighted by Crippen LogP contribution is -2.64. The van der Waals surface area contributed by atoms with Gasteiger partial charge in [-0.3, -0.25) is 43.8 Å². The van der Waals surface area contributed by atoms with E-state index < -0.39 is 45.2 Å². The van der Waals surface area contributed by atoms with Crippen LogP contribution >= 0.6 is 0 Å². The Balaban J connectivity index is 0.733. The molecule has 0 bridgehead atoms. The summed E-state index contributed by atoms with van der Waals surface area (Å²) in [7, 11) is -3.39. The van der Waals surface area contributed by atoms with E-state index in [4.69, 9.17) is 4.98 Å². The summed E-state index contributed by atoms with van der Waals surface area (Å²) in [6.07, 6.45) is 7.19. The van der Waals surface area contributed by atoms with Gasteiger partial charge in [0, 0.05) is 92.5 Å². The van der Waals surface area contributed by atoms with Gasteiger partial charge in [-0.1, -0.05) is 0 Å². The number of rotatable bonds is 15. The van der Waals surface area contributed by atoms with E-state index in [1.54, 1.807) is 66.6 Å². The molecule has 4 aliphatic heterocycles. The standard InChI is InChI=1S/C44H47N13O7S/c1-2-65(63,64)55-26-44(27-55,14-15-45)56-25-29(24-48-56)37-33-13-17-46-38(33)52-43(51-37)49-30-7-5-28(6-8-30)39(59)47-16-3-4-18-53-19-21-54(22-20-53)31-9-10-32-34(23-31)42(62)57(41(32)61)35-11-12-36(58)50-40(35)60/h5-10,13,17,23-25,35H,2-4,11-12,14,16,18-22,26-27H2,1H3,(H,47,59)(H,50,58,60)(H2,46,49,51,52). The van der Waals surface area contributed by atoms with E-state index in [1.807, 2.05) is 12.1 Å². The maximum Gasteiger partial charge on any atom is 0.262 e. The number of amides is 5. The van der Waals surface area contributed by atoms with Gasteiger partial charge < -0.3 is 20.5 Å². The van der Waals surface area contributed by atoms with Gasteiger partial charge in [-0.15, -0.1) is 0 Å². The van der Waals surface area contributed by atoms with Crippen LogP contribution in [0.4, 0.5) is 17.3 Å². The number of hydrogen-bond donors (Lipinski definition) is 4. The number of aromatic nitrogens is 5. The topological polar surface area (TPSA) is 252 Å². The molecule has 3 fully saturated rings. The number of benzene rings is 2. The van der Waals surface area contributed by atoms with Crippen LogP contribution in [0.15, 0.2) is 67.1 Å². The maximum absolute atomic E-state index is 13.3. The summed E-state index contributed by atoms with van der Waals surface area (Å²) < 4.78 is 27.9. The van der Waals surface area contributed by atoms with Crippen LogP contribution in [0.1, 0.15) is 70.1 Å². The Hall–Kier alpha value is -7.02. The van der Waals surface area contributed by atoms with Crippen molar-refractivity contribution in [3.05, 3.63) is 83.8 Å². The molecule has 20 nitrogen and oxygen atoms in total. The quantitative estimate of drug-likeness (QED) is 0.0871. The molecule has 3 saturated heterocycles. The molecule has 21 heteroatoms. The summed E-state index contributed by atoms with van der Waals surface area (Å²) in [5.74, 6) is -1.96. The van der Waals surface area contributed by atoms with Crippen LogP contribution in [0.2, 0.25) is 0 Å². The Morgan fingerprint density at radius 1 is 0.969 bits per heavy atom. The number of anilines is 3. The third-order valence-electron chi connectivity index (χ3n) is 12.6. The molecule has 0 spiro atoms. The normalized spacial score (nSPS) is 18.9. The number of fused-ring (bicyclic) bond motifs is 2. The van der Waals surface area contributed by atoms with E-state index in [-0.39, 0.29) is 55.1 Å². The Labute approximate surface area is 374 Å². The molecular formula is C44H47N13O7S. The molecule has 2 aromatic carbocycles. The van der Waals surface area contributed by atoms with Crippen LogP contribution < -0.4 is 20.9 Å². The number of carbonyl (C=O) groups excluding carboxylic acids is 5. The molecule has 65 heavy (non-hydrogen) atoms. The molecule has 5 amide bonds. The van der Waals surface area contributed by atoms with E-state index in [9.17, 15) is 37.7 Å². The molecule has 1 unspecified atom stereocenters. The average molecular weight is 902 g/mol. The summed E-state index contributed by atoms with van der Waals surface area (Å²) >= 11 is 0. The Morgan fingerprint density at radius 3 is 2.48 bits per heavy atom. The minimum Gasteiger partial charge on any atom is -0.369 e. The van der Waals surface area contributed by atoms with Crippen molar-refractivity contribution in [1.29, 1.82) is 5.26 Å². The highest BCUT2D eigenvalue weighted by atomic mass is 32.2. The van der Waals surface area contributed by atoms with Gasteiger partial charge in [-0.2, -0.15) is 19.6 Å². The molecule has 0 radical (unpaired) electrons. The molecule has 9 rings (SSSR count). The Kier molecular flexibility index (Phi) is 11.6. The molecule has 0 aliphatic carbocycles. The number of sulfonamides is 1. The van der Waals surface area contributed by atoms with E-state index in [0.717, 1.165) is 61.5 Å². The number of nitrogens with one attached hydrogen (secondary N) is 4. The van der Waals surface area contributed by atoms with Crippen molar-refractivity contribution in [1.82, 2.24) is 49.5 Å². The maximum atomic E-state index is 13.3. The molecule has 4 aliphatic rings. The fourth-order valence-electron chi connectivity index (χ4n) is 8.88. The average Bonchev–Trinajstić information content (AvgIpc) is 4.04. The predicted octanol–water partition coefficient (Wildman–Crippen LogP) is 2.57. The second-order valence-electron chi connectivity index (χ2n) is 16.7. The van der Waals surface area contributed by atoms with Gasteiger partial charge in [0.1, 0.15) is 17.2 Å². The second kappa shape index (κ2) is 17.5. The summed E-state index contributed by atoms with van der Waals surface area (Å²) in [6.45, 7) is 6.41. The number of hydrogen-bond acceptors (Lipinski definition) is 14. The van der Waals surface area contributed by atoms with Crippen LogP contribution in [0.5, 0.6) is 0 Å². The number of piperidine rings is 1. The van der Waals surface area contributed by atoms with Gasteiger partial charge in [0.15, 0.2) is 0 Å². The number of H-pyrrole nitrogens is 1. The zero-order chi connectivity index (χ0) is 45.5. The highest BCUT2D eigenvalue weighted by Crippen LogP contribution is 2.37. The van der Waals surface area contributed by atoms with E-state index in [0.29, 0.717) is 40.6 Å². The van der Waals surface area contributed by atoms with Crippen molar-refractivity contribution in [3.63, 3.8) is 0 Å². The van der Waals surface area contributed by atoms with Crippen molar-refractivity contribution in [2.24, 2.45) is 0 Å². The fraction of sp³-hybridized carbons (Fsp3) is 0.386. The zero-order valence-corrected chi connectivity index (χ0v) is 36.4. The summed E-state index contributed by atoms with van der Waals surface area (Å²) in [6, 6.07) is 15.3. The van der Waals surface area contributed by atoms with Gasteiger partial charge >= 0.3 is 0 Å². The Morgan fingerprint density at radius 2 is 1.74 bits per heavy atom. The van der Waals surface area contributed by atoms with Crippen LogP contribution in [0.25, 0.3) is 22.3 Å². The number of piperazine rings is 1. The van der Waals surface area contributed by atoms with Crippen molar-refractivity contribution in [2.45, 2.75) is 50.6 Å². The van der Waals surface area contributed by atoms with E-state index >= 15 is 0 Å². The predicted molar refractivity (Wildman–Crippen MR) is 237 cm³/mol. The molecule has 336 valence electrons. The molecule has 7 heterocycles. The third kappa shape index (κ3) is 8.43. The lowest BCUT2D eigenvalue weighted by molar-refractivity contribution is -0.136. The summed E-state index contributed by atoms with van der Waals surface area (Å²) in [5.41, 5.74) is 3.65. The molecular weight excluding hydrogens is 855 g/mol. The molecule has 3 aromatic heterocycles. The van der Waals surface area contributed by atoms with Gasteiger partial charge in [-0.05, 0) is 81.3 Å². The molecule has 1 atom stereocenters. The lowest BCUT2D eigenvalue weighted by atomic mass is 9.89. The van der Waals surface area contributed by atoms with Crippen molar-refractivity contribution >= 4 is 67.9 Å². The minimum atomic E-state index is -3.39. The number of unbranched alkanes of at least 4 members (excludes halogenated alkanes) is 1. The zero-order valence-electron chi connectivity index (χ0n) is 35.6. The van der Waals surface area contributed by atoms with Gasteiger partial charge in [-0.25, -0.2) is 13.4 Å². The first-order valence-corrected chi connectivity index (χ1v) is 23.2. The number of aromatic amines is 1. The van der Waals surface area contributed by atoms with Crippen molar-refractivity contribution in [2.75, 3.05) is 68.3 Å². The fourth-order valence-corrected chi connectivity index (χ4v) is 10.1. The monoisotopic (exact) mass is 901 g/mol. The first kappa shape index (κ1) is 43.2.